The van der Waals surface area contributed by atoms with Crippen LogP contribution in [0.15, 0.2) is 47.3 Å². The highest BCUT2D eigenvalue weighted by atomic mass is 16.5. The number of hydrogen-bond donors (Lipinski definition) is 1. The molecule has 1 atom stereocenters. The molecule has 3 aromatic rings. The van der Waals surface area contributed by atoms with Gasteiger partial charge in [0.15, 0.2) is 0 Å². The van der Waals surface area contributed by atoms with Gasteiger partial charge in [-0.05, 0) is 31.2 Å². The van der Waals surface area contributed by atoms with Crippen LogP contribution in [-0.2, 0) is 11.8 Å². The van der Waals surface area contributed by atoms with Crippen molar-refractivity contribution in [2.45, 2.75) is 31.1 Å². The number of benzene rings is 1. The molecule has 1 aliphatic carbocycles. The van der Waals surface area contributed by atoms with E-state index in [0.29, 0.717) is 23.8 Å². The molecule has 7 heteroatoms. The van der Waals surface area contributed by atoms with Crippen molar-refractivity contribution in [2.75, 3.05) is 18.8 Å². The van der Waals surface area contributed by atoms with Gasteiger partial charge >= 0.3 is 0 Å². The van der Waals surface area contributed by atoms with Crippen molar-refractivity contribution in [1.29, 1.82) is 0 Å². The number of carbonyl (C=O) groups excluding carboxylic acids is 1. The molecule has 2 N–H and O–H groups in total. The molecule has 0 bridgehead atoms. The van der Waals surface area contributed by atoms with Gasteiger partial charge in [-0.15, -0.1) is 0 Å². The third-order valence-electron chi connectivity index (χ3n) is 5.97. The minimum atomic E-state index is -0.135. The summed E-state index contributed by atoms with van der Waals surface area (Å²) in [5, 5.41) is 4.08. The molecule has 28 heavy (non-hydrogen) atoms. The lowest BCUT2D eigenvalue weighted by Gasteiger charge is -2.40. The average Bonchev–Trinajstić information content (AvgIpc) is 3.34. The van der Waals surface area contributed by atoms with Gasteiger partial charge in [-0.25, -0.2) is 9.97 Å². The van der Waals surface area contributed by atoms with Crippen LogP contribution < -0.4 is 5.73 Å². The Hall–Kier alpha value is -3.22. The van der Waals surface area contributed by atoms with Crippen LogP contribution in [0.5, 0.6) is 0 Å². The standard InChI is InChI=1S/C21H21N5O2/c22-20-23-11-15-7-9-21(18(15)24-20)8-4-10-26(13-21)19(27)16-12-28-25-17(16)14-5-2-1-3-6-14/h1-3,5-6,11-12H,4,7-10,13H2,(H2,22,23,24). The first-order valence-electron chi connectivity index (χ1n) is 9.57. The Morgan fingerprint density at radius 1 is 1.21 bits per heavy atom. The summed E-state index contributed by atoms with van der Waals surface area (Å²) in [6, 6.07) is 9.64. The number of rotatable bonds is 2. The van der Waals surface area contributed by atoms with Gasteiger partial charge < -0.3 is 15.2 Å². The number of aryl methyl sites for hydroxylation is 1. The monoisotopic (exact) mass is 375 g/mol. The van der Waals surface area contributed by atoms with Gasteiger partial charge in [-0.3, -0.25) is 4.79 Å². The quantitative estimate of drug-likeness (QED) is 0.740. The summed E-state index contributed by atoms with van der Waals surface area (Å²) in [6.07, 6.45) is 7.13. The summed E-state index contributed by atoms with van der Waals surface area (Å²) in [6.45, 7) is 1.35. The molecule has 0 radical (unpaired) electrons. The van der Waals surface area contributed by atoms with Crippen molar-refractivity contribution in [3.05, 3.63) is 59.6 Å². The number of nitrogen functional groups attached to an aromatic ring is 1. The number of nitrogens with two attached hydrogens (primary N) is 1. The lowest BCUT2D eigenvalue weighted by molar-refractivity contribution is 0.0633. The number of piperidine rings is 1. The van der Waals surface area contributed by atoms with Crippen LogP contribution in [0.25, 0.3) is 11.3 Å². The van der Waals surface area contributed by atoms with Gasteiger partial charge in [0.1, 0.15) is 17.5 Å². The summed E-state index contributed by atoms with van der Waals surface area (Å²) < 4.78 is 5.17. The normalized spacial score (nSPS) is 21.1. The molecule has 1 aliphatic heterocycles. The van der Waals surface area contributed by atoms with E-state index < -0.39 is 0 Å². The summed E-state index contributed by atoms with van der Waals surface area (Å²) in [4.78, 5) is 23.9. The Morgan fingerprint density at radius 2 is 2.07 bits per heavy atom. The molecule has 1 aromatic carbocycles. The molecule has 142 valence electrons. The molecular weight excluding hydrogens is 354 g/mol. The molecule has 1 unspecified atom stereocenters. The van der Waals surface area contributed by atoms with Crippen molar-refractivity contribution in [1.82, 2.24) is 20.0 Å². The van der Waals surface area contributed by atoms with Gasteiger partial charge in [0.25, 0.3) is 5.91 Å². The minimum absolute atomic E-state index is 0.0466. The van der Waals surface area contributed by atoms with Crippen LogP contribution in [0.3, 0.4) is 0 Å². The predicted octanol–water partition coefficient (Wildman–Crippen LogP) is 2.83. The third-order valence-corrected chi connectivity index (χ3v) is 5.97. The SMILES string of the molecule is Nc1ncc2c(n1)C1(CCCN(C(=O)c3conc3-c3ccccc3)C1)CC2. The molecule has 2 aliphatic rings. The molecule has 7 nitrogen and oxygen atoms in total. The summed E-state index contributed by atoms with van der Waals surface area (Å²) >= 11 is 0. The highest BCUT2D eigenvalue weighted by molar-refractivity contribution is 5.99. The average molecular weight is 375 g/mol. The van der Waals surface area contributed by atoms with Crippen molar-refractivity contribution >= 4 is 11.9 Å². The fourth-order valence-corrected chi connectivity index (χ4v) is 4.62. The second-order valence-electron chi connectivity index (χ2n) is 7.66. The number of hydrogen-bond acceptors (Lipinski definition) is 6. The van der Waals surface area contributed by atoms with E-state index >= 15 is 0 Å². The minimum Gasteiger partial charge on any atom is -0.368 e. The van der Waals surface area contributed by atoms with E-state index in [0.717, 1.165) is 49.0 Å². The molecular formula is C21H21N5O2. The largest absolute Gasteiger partial charge is 0.368 e. The van der Waals surface area contributed by atoms with Gasteiger partial charge in [-0.1, -0.05) is 35.5 Å². The Morgan fingerprint density at radius 3 is 2.93 bits per heavy atom. The molecule has 0 saturated carbocycles. The van der Waals surface area contributed by atoms with Crippen LogP contribution in [0.4, 0.5) is 5.95 Å². The predicted molar refractivity (Wildman–Crippen MR) is 104 cm³/mol. The van der Waals surface area contributed by atoms with E-state index in [2.05, 4.69) is 15.1 Å². The van der Waals surface area contributed by atoms with Crippen molar-refractivity contribution < 1.29 is 9.32 Å². The molecule has 1 amide bonds. The Kier molecular flexibility index (Phi) is 3.89. The maximum absolute atomic E-state index is 13.3. The maximum Gasteiger partial charge on any atom is 0.259 e. The number of amides is 1. The number of likely N-dealkylation sites (tertiary alicyclic amines) is 1. The molecule has 1 fully saturated rings. The molecule has 2 aromatic heterocycles. The van der Waals surface area contributed by atoms with E-state index in [1.54, 1.807) is 0 Å². The van der Waals surface area contributed by atoms with E-state index in [-0.39, 0.29) is 11.3 Å². The van der Waals surface area contributed by atoms with Gasteiger partial charge in [-0.2, -0.15) is 0 Å². The zero-order valence-electron chi connectivity index (χ0n) is 15.5. The van der Waals surface area contributed by atoms with Crippen molar-refractivity contribution in [3.63, 3.8) is 0 Å². The number of anilines is 1. The molecule has 3 heterocycles. The van der Waals surface area contributed by atoms with Crippen LogP contribution in [-0.4, -0.2) is 39.0 Å². The fourth-order valence-electron chi connectivity index (χ4n) is 4.62. The first-order valence-corrected chi connectivity index (χ1v) is 9.57. The Balaban J connectivity index is 1.46. The number of fused-ring (bicyclic) bond motifs is 2. The second-order valence-corrected chi connectivity index (χ2v) is 7.66. The van der Waals surface area contributed by atoms with Crippen molar-refractivity contribution in [3.8, 4) is 11.3 Å². The first-order chi connectivity index (χ1) is 13.7. The third kappa shape index (κ3) is 2.66. The van der Waals surface area contributed by atoms with Gasteiger partial charge in [0, 0.05) is 30.3 Å². The lowest BCUT2D eigenvalue weighted by atomic mass is 9.77. The summed E-state index contributed by atoms with van der Waals surface area (Å²) in [7, 11) is 0. The Bertz CT molecular complexity index is 1030. The zero-order valence-corrected chi connectivity index (χ0v) is 15.5. The van der Waals surface area contributed by atoms with Crippen LogP contribution in [0, 0.1) is 0 Å². The number of nitrogens with zero attached hydrogens (tertiary/aromatic N) is 4. The van der Waals surface area contributed by atoms with Crippen LogP contribution >= 0.6 is 0 Å². The topological polar surface area (TPSA) is 98.1 Å². The summed E-state index contributed by atoms with van der Waals surface area (Å²) in [5.41, 5.74) is 9.85. The highest BCUT2D eigenvalue weighted by Crippen LogP contribution is 2.44. The Labute approximate surface area is 162 Å². The van der Waals surface area contributed by atoms with Gasteiger partial charge in [0.2, 0.25) is 5.95 Å². The number of carbonyl (C=O) groups is 1. The molecule has 1 spiro atoms. The van der Waals surface area contributed by atoms with Crippen molar-refractivity contribution in [2.24, 2.45) is 0 Å². The fraction of sp³-hybridized carbons (Fsp3) is 0.333. The first kappa shape index (κ1) is 16.9. The zero-order chi connectivity index (χ0) is 19.1. The van der Waals surface area contributed by atoms with E-state index in [1.807, 2.05) is 41.4 Å². The second kappa shape index (κ2) is 6.44. The lowest BCUT2D eigenvalue weighted by Crippen LogP contribution is -2.48. The van der Waals surface area contributed by atoms with E-state index in [1.165, 1.54) is 6.26 Å². The highest BCUT2D eigenvalue weighted by Gasteiger charge is 2.45. The summed E-state index contributed by atoms with van der Waals surface area (Å²) in [5.74, 6) is 0.253. The number of aromatic nitrogens is 3. The maximum atomic E-state index is 13.3. The smallest absolute Gasteiger partial charge is 0.259 e. The van der Waals surface area contributed by atoms with Crippen LogP contribution in [0.1, 0.15) is 40.9 Å². The van der Waals surface area contributed by atoms with Crippen LogP contribution in [0.2, 0.25) is 0 Å². The molecule has 1 saturated heterocycles. The van der Waals surface area contributed by atoms with Gasteiger partial charge in [0.05, 0.1) is 5.69 Å². The van der Waals surface area contributed by atoms with E-state index in [9.17, 15) is 4.79 Å². The molecule has 5 rings (SSSR count). The van der Waals surface area contributed by atoms with E-state index in [4.69, 9.17) is 10.3 Å².